The molecule has 1 unspecified atom stereocenters. The second kappa shape index (κ2) is 8.75. The first-order valence-corrected chi connectivity index (χ1v) is 9.18. The average molecular weight is 365 g/mol. The van der Waals surface area contributed by atoms with Gasteiger partial charge in [0.25, 0.3) is 0 Å². The van der Waals surface area contributed by atoms with Crippen molar-refractivity contribution < 1.29 is 19.1 Å². The predicted molar refractivity (Wildman–Crippen MR) is 94.5 cm³/mol. The monoisotopic (exact) mass is 365 g/mol. The molecule has 2 aromatic rings. The molecule has 0 aliphatic heterocycles. The van der Waals surface area contributed by atoms with E-state index in [1.54, 1.807) is 6.07 Å². The highest BCUT2D eigenvalue weighted by atomic mass is 32.1. The van der Waals surface area contributed by atoms with E-state index in [4.69, 9.17) is 0 Å². The van der Waals surface area contributed by atoms with Crippen molar-refractivity contribution in [1.29, 1.82) is 0 Å². The molecular weight excluding hydrogens is 346 g/mol. The Morgan fingerprint density at radius 3 is 2.58 bits per heavy atom. The van der Waals surface area contributed by atoms with Gasteiger partial charge < -0.3 is 10.1 Å². The van der Waals surface area contributed by atoms with Crippen LogP contribution in [0.3, 0.4) is 0 Å². The molecule has 1 atom stereocenters. The molecule has 0 fully saturated rings. The van der Waals surface area contributed by atoms with Gasteiger partial charge in [-0.1, -0.05) is 6.07 Å². The minimum atomic E-state index is -0.427. The van der Waals surface area contributed by atoms with Crippen molar-refractivity contribution in [1.82, 2.24) is 5.32 Å². The lowest BCUT2D eigenvalue weighted by atomic mass is 10.1. The summed E-state index contributed by atoms with van der Waals surface area (Å²) in [6.07, 6.45) is 0.320. The van der Waals surface area contributed by atoms with Crippen molar-refractivity contribution in [2.75, 3.05) is 7.11 Å². The topological polar surface area (TPSA) is 72.5 Å². The number of aryl methyl sites for hydroxylation is 1. The minimum absolute atomic E-state index is 0.0381. The van der Waals surface area contributed by atoms with Crippen LogP contribution in [0, 0.1) is 6.92 Å². The van der Waals surface area contributed by atoms with Gasteiger partial charge in [0.2, 0.25) is 5.91 Å². The molecule has 7 heteroatoms. The number of amides is 1. The molecule has 0 aliphatic carbocycles. The molecule has 2 rings (SSSR count). The van der Waals surface area contributed by atoms with E-state index in [1.165, 1.54) is 29.8 Å². The summed E-state index contributed by atoms with van der Waals surface area (Å²) in [5.74, 6) is -0.679. The normalized spacial score (nSPS) is 11.8. The second-order valence-electron chi connectivity index (χ2n) is 5.25. The Hall–Kier alpha value is -1.99. The van der Waals surface area contributed by atoms with Crippen molar-refractivity contribution in [2.24, 2.45) is 0 Å². The van der Waals surface area contributed by atoms with E-state index in [2.05, 4.69) is 10.1 Å². The molecule has 24 heavy (non-hydrogen) atoms. The van der Waals surface area contributed by atoms with E-state index in [-0.39, 0.29) is 36.9 Å². The Balaban J connectivity index is 1.90. The predicted octanol–water partition coefficient (Wildman–Crippen LogP) is 3.50. The molecule has 0 bridgehead atoms. The fourth-order valence-electron chi connectivity index (χ4n) is 2.16. The minimum Gasteiger partial charge on any atom is -0.469 e. The van der Waals surface area contributed by atoms with Crippen LogP contribution in [0.1, 0.15) is 44.7 Å². The van der Waals surface area contributed by atoms with E-state index in [1.807, 2.05) is 30.5 Å². The fourth-order valence-corrected chi connectivity index (χ4v) is 3.78. The van der Waals surface area contributed by atoms with Crippen molar-refractivity contribution in [2.45, 2.75) is 32.2 Å². The first-order valence-electron chi connectivity index (χ1n) is 7.49. The molecule has 0 saturated heterocycles. The van der Waals surface area contributed by atoms with Gasteiger partial charge in [0.15, 0.2) is 5.78 Å². The van der Waals surface area contributed by atoms with E-state index in [9.17, 15) is 14.4 Å². The highest BCUT2D eigenvalue weighted by Gasteiger charge is 2.20. The summed E-state index contributed by atoms with van der Waals surface area (Å²) in [4.78, 5) is 38.4. The number of esters is 1. The summed E-state index contributed by atoms with van der Waals surface area (Å²) in [7, 11) is 1.32. The Morgan fingerprint density at radius 2 is 2.00 bits per heavy atom. The summed E-state index contributed by atoms with van der Waals surface area (Å²) < 4.78 is 4.68. The third-order valence-electron chi connectivity index (χ3n) is 3.41. The lowest BCUT2D eigenvalue weighted by Crippen LogP contribution is -2.30. The number of ether oxygens (including phenoxy) is 1. The van der Waals surface area contributed by atoms with Crippen LogP contribution < -0.4 is 5.32 Å². The molecule has 128 valence electrons. The fraction of sp³-hybridized carbons (Fsp3) is 0.353. The van der Waals surface area contributed by atoms with Crippen LogP contribution in [0.4, 0.5) is 0 Å². The number of hydrogen-bond acceptors (Lipinski definition) is 6. The highest BCUT2D eigenvalue weighted by Crippen LogP contribution is 2.23. The van der Waals surface area contributed by atoms with Crippen LogP contribution in [0.2, 0.25) is 0 Å². The summed E-state index contributed by atoms with van der Waals surface area (Å²) >= 11 is 2.89. The SMILES string of the molecule is COC(=O)CC(NC(=O)CCC(=O)c1ccc(C)s1)c1cccs1. The Labute approximate surface area is 148 Å². The van der Waals surface area contributed by atoms with Crippen LogP contribution in [-0.2, 0) is 14.3 Å². The lowest BCUT2D eigenvalue weighted by molar-refractivity contribution is -0.141. The van der Waals surface area contributed by atoms with Gasteiger partial charge in [-0.3, -0.25) is 14.4 Å². The maximum Gasteiger partial charge on any atom is 0.307 e. The molecule has 0 saturated carbocycles. The Morgan fingerprint density at radius 1 is 1.21 bits per heavy atom. The van der Waals surface area contributed by atoms with Gasteiger partial charge in [-0.15, -0.1) is 22.7 Å². The Kier molecular flexibility index (Phi) is 6.69. The zero-order valence-electron chi connectivity index (χ0n) is 13.5. The number of rotatable bonds is 8. The molecule has 0 aromatic carbocycles. The molecule has 2 aromatic heterocycles. The van der Waals surface area contributed by atoms with Crippen LogP contribution in [-0.4, -0.2) is 24.8 Å². The number of Topliss-reactive ketones (excluding diaryl/α,β-unsaturated/α-hetero) is 1. The molecule has 1 N–H and O–H groups in total. The van der Waals surface area contributed by atoms with Gasteiger partial charge >= 0.3 is 5.97 Å². The van der Waals surface area contributed by atoms with Crippen LogP contribution in [0.25, 0.3) is 0 Å². The van der Waals surface area contributed by atoms with E-state index in [0.29, 0.717) is 4.88 Å². The number of carbonyl (C=O) groups excluding carboxylic acids is 3. The first-order chi connectivity index (χ1) is 11.5. The zero-order valence-corrected chi connectivity index (χ0v) is 15.2. The van der Waals surface area contributed by atoms with Gasteiger partial charge in [0.1, 0.15) is 0 Å². The summed E-state index contributed by atoms with van der Waals surface area (Å²) in [6.45, 7) is 1.94. The highest BCUT2D eigenvalue weighted by molar-refractivity contribution is 7.14. The molecule has 0 radical (unpaired) electrons. The lowest BCUT2D eigenvalue weighted by Gasteiger charge is -2.16. The quantitative estimate of drug-likeness (QED) is 0.574. The van der Waals surface area contributed by atoms with E-state index >= 15 is 0 Å². The van der Waals surface area contributed by atoms with Crippen LogP contribution >= 0.6 is 22.7 Å². The standard InChI is InChI=1S/C17H19NO4S2/c1-11-5-7-15(24-11)13(19)6-8-16(20)18-12(10-17(21)22-2)14-4-3-9-23-14/h3-5,7,9,12H,6,8,10H2,1-2H3,(H,18,20). The maximum absolute atomic E-state index is 12.2. The van der Waals surface area contributed by atoms with E-state index < -0.39 is 6.04 Å². The maximum atomic E-state index is 12.2. The average Bonchev–Trinajstić information content (AvgIpc) is 3.23. The third kappa shape index (κ3) is 5.28. The largest absolute Gasteiger partial charge is 0.469 e. The smallest absolute Gasteiger partial charge is 0.307 e. The van der Waals surface area contributed by atoms with Crippen molar-refractivity contribution >= 4 is 40.3 Å². The van der Waals surface area contributed by atoms with Crippen molar-refractivity contribution in [3.8, 4) is 0 Å². The molecule has 0 aliphatic rings. The number of hydrogen-bond donors (Lipinski definition) is 1. The van der Waals surface area contributed by atoms with Crippen molar-refractivity contribution in [3.05, 3.63) is 44.3 Å². The number of methoxy groups -OCH3 is 1. The molecular formula is C17H19NO4S2. The van der Waals surface area contributed by atoms with Crippen LogP contribution in [0.15, 0.2) is 29.6 Å². The summed E-state index contributed by atoms with van der Waals surface area (Å²) in [5, 5.41) is 4.70. The molecule has 0 spiro atoms. The van der Waals surface area contributed by atoms with Gasteiger partial charge in [0.05, 0.1) is 24.4 Å². The number of ketones is 1. The molecule has 2 heterocycles. The number of thiophene rings is 2. The van der Waals surface area contributed by atoms with Gasteiger partial charge in [-0.25, -0.2) is 0 Å². The summed E-state index contributed by atoms with van der Waals surface area (Å²) in [6, 6.07) is 6.97. The number of nitrogens with one attached hydrogen (secondary N) is 1. The van der Waals surface area contributed by atoms with Gasteiger partial charge in [0, 0.05) is 22.6 Å². The van der Waals surface area contributed by atoms with Crippen molar-refractivity contribution in [3.63, 3.8) is 0 Å². The van der Waals surface area contributed by atoms with Gasteiger partial charge in [-0.05, 0) is 30.5 Å². The molecule has 1 amide bonds. The van der Waals surface area contributed by atoms with Gasteiger partial charge in [-0.2, -0.15) is 0 Å². The third-order valence-corrected chi connectivity index (χ3v) is 5.44. The summed E-state index contributed by atoms with van der Waals surface area (Å²) in [5.41, 5.74) is 0. The first kappa shape index (κ1) is 18.4. The van der Waals surface area contributed by atoms with E-state index in [0.717, 1.165) is 9.75 Å². The number of carbonyl (C=O) groups is 3. The zero-order chi connectivity index (χ0) is 17.5. The second-order valence-corrected chi connectivity index (χ2v) is 7.52. The molecule has 5 nitrogen and oxygen atoms in total. The van der Waals surface area contributed by atoms with Crippen LogP contribution in [0.5, 0.6) is 0 Å². The Bertz CT molecular complexity index is 706.